The molecule has 3 aromatic carbocycles. The van der Waals surface area contributed by atoms with Crippen molar-refractivity contribution in [2.24, 2.45) is 0 Å². The number of amides is 2. The summed E-state index contributed by atoms with van der Waals surface area (Å²) >= 11 is 0. The molecule has 0 aliphatic rings. The molecule has 0 fully saturated rings. The predicted molar refractivity (Wildman–Crippen MR) is 156 cm³/mol. The number of benzene rings is 3. The van der Waals surface area contributed by atoms with E-state index in [2.05, 4.69) is 5.32 Å². The Morgan fingerprint density at radius 2 is 1.55 bits per heavy atom. The van der Waals surface area contributed by atoms with Gasteiger partial charge in [0, 0.05) is 12.6 Å². The standard InChI is InChI=1S/C31H38FN3O4S/c1-6-24(5)33-31(37)29(7-2)34(20-25-14-16-26(32)17-15-25)30(36)21-35(27-18-13-22(3)23(4)19-27)40(38,39)28-11-9-8-10-12-28/h8-19,24,29H,6-7,20-21H2,1-5H3,(H,33,37)/t24-,29+/m1/s1. The van der Waals surface area contributed by atoms with E-state index in [1.165, 1.54) is 29.2 Å². The number of halogens is 1. The van der Waals surface area contributed by atoms with E-state index in [-0.39, 0.29) is 23.4 Å². The molecule has 0 saturated carbocycles. The van der Waals surface area contributed by atoms with Gasteiger partial charge in [-0.25, -0.2) is 12.8 Å². The number of hydrogen-bond donors (Lipinski definition) is 1. The second-order valence-electron chi connectivity index (χ2n) is 9.98. The average molecular weight is 568 g/mol. The SMILES string of the molecule is CC[C@@H](C)NC(=O)[C@H](CC)N(Cc1ccc(F)cc1)C(=O)CN(c1ccc(C)c(C)c1)S(=O)(=O)c1ccccc1. The van der Waals surface area contributed by atoms with Crippen molar-refractivity contribution in [2.45, 2.75) is 71.0 Å². The van der Waals surface area contributed by atoms with Crippen LogP contribution in [0.5, 0.6) is 0 Å². The Balaban J connectivity index is 2.06. The first-order chi connectivity index (χ1) is 19.0. The first-order valence-electron chi connectivity index (χ1n) is 13.5. The molecule has 0 spiro atoms. The maximum atomic E-state index is 14.1. The lowest BCUT2D eigenvalue weighted by atomic mass is 10.1. The Morgan fingerprint density at radius 1 is 0.900 bits per heavy atom. The Hall–Kier alpha value is -3.72. The lowest BCUT2D eigenvalue weighted by Gasteiger charge is -2.34. The minimum absolute atomic E-state index is 0.0116. The molecule has 3 aromatic rings. The highest BCUT2D eigenvalue weighted by Gasteiger charge is 2.34. The molecule has 0 radical (unpaired) electrons. The minimum atomic E-state index is -4.13. The van der Waals surface area contributed by atoms with Crippen molar-refractivity contribution < 1.29 is 22.4 Å². The molecule has 2 atom stereocenters. The molecule has 0 unspecified atom stereocenters. The largest absolute Gasteiger partial charge is 0.352 e. The Bertz CT molecular complexity index is 1410. The highest BCUT2D eigenvalue weighted by molar-refractivity contribution is 7.92. The number of rotatable bonds is 12. The molecule has 0 aromatic heterocycles. The summed E-state index contributed by atoms with van der Waals surface area (Å²) in [4.78, 5) is 28.8. The highest BCUT2D eigenvalue weighted by atomic mass is 32.2. The van der Waals surface area contributed by atoms with Crippen molar-refractivity contribution in [3.05, 3.63) is 95.3 Å². The van der Waals surface area contributed by atoms with Crippen LogP contribution in [0.4, 0.5) is 10.1 Å². The first kappa shape index (κ1) is 30.8. The van der Waals surface area contributed by atoms with Gasteiger partial charge in [0.25, 0.3) is 10.0 Å². The summed E-state index contributed by atoms with van der Waals surface area (Å²) in [5, 5.41) is 2.94. The minimum Gasteiger partial charge on any atom is -0.352 e. The quantitative estimate of drug-likeness (QED) is 0.319. The number of nitrogens with zero attached hydrogens (tertiary/aromatic N) is 2. The third-order valence-electron chi connectivity index (χ3n) is 7.04. The van der Waals surface area contributed by atoms with E-state index in [9.17, 15) is 22.4 Å². The van der Waals surface area contributed by atoms with Crippen LogP contribution >= 0.6 is 0 Å². The Morgan fingerprint density at radius 3 is 2.12 bits per heavy atom. The van der Waals surface area contributed by atoms with Crippen molar-refractivity contribution >= 4 is 27.5 Å². The third kappa shape index (κ3) is 7.47. The number of carbonyl (C=O) groups excluding carboxylic acids is 2. The van der Waals surface area contributed by atoms with Crippen LogP contribution in [-0.4, -0.2) is 43.8 Å². The van der Waals surface area contributed by atoms with Gasteiger partial charge in [-0.2, -0.15) is 0 Å². The monoisotopic (exact) mass is 567 g/mol. The predicted octanol–water partition coefficient (Wildman–Crippen LogP) is 5.36. The van der Waals surface area contributed by atoms with E-state index in [1.54, 1.807) is 49.4 Å². The molecule has 40 heavy (non-hydrogen) atoms. The molecular weight excluding hydrogens is 529 g/mol. The van der Waals surface area contributed by atoms with Crippen molar-refractivity contribution in [1.82, 2.24) is 10.2 Å². The van der Waals surface area contributed by atoms with Crippen molar-refractivity contribution in [3.63, 3.8) is 0 Å². The number of aryl methyl sites for hydroxylation is 2. The average Bonchev–Trinajstić information content (AvgIpc) is 2.94. The summed E-state index contributed by atoms with van der Waals surface area (Å²) in [7, 11) is -4.13. The van der Waals surface area contributed by atoms with Gasteiger partial charge in [0.15, 0.2) is 0 Å². The number of sulfonamides is 1. The van der Waals surface area contributed by atoms with Gasteiger partial charge in [0.2, 0.25) is 11.8 Å². The Kier molecular flexibility index (Phi) is 10.5. The van der Waals surface area contributed by atoms with Crippen LogP contribution in [0.15, 0.2) is 77.7 Å². The molecule has 0 bridgehead atoms. The van der Waals surface area contributed by atoms with Crippen LogP contribution in [0.1, 0.15) is 50.3 Å². The summed E-state index contributed by atoms with van der Waals surface area (Å²) in [6, 6.07) is 17.9. The molecule has 214 valence electrons. The molecule has 0 heterocycles. The maximum Gasteiger partial charge on any atom is 0.264 e. The van der Waals surface area contributed by atoms with E-state index in [0.717, 1.165) is 15.4 Å². The third-order valence-corrected chi connectivity index (χ3v) is 8.83. The van der Waals surface area contributed by atoms with Crippen LogP contribution in [0, 0.1) is 19.7 Å². The van der Waals surface area contributed by atoms with E-state index in [0.29, 0.717) is 24.1 Å². The van der Waals surface area contributed by atoms with Gasteiger partial charge >= 0.3 is 0 Å². The molecule has 7 nitrogen and oxygen atoms in total. The van der Waals surface area contributed by atoms with Crippen molar-refractivity contribution in [3.8, 4) is 0 Å². The summed E-state index contributed by atoms with van der Waals surface area (Å²) < 4.78 is 42.5. The van der Waals surface area contributed by atoms with Gasteiger partial charge < -0.3 is 10.2 Å². The van der Waals surface area contributed by atoms with E-state index < -0.39 is 34.3 Å². The zero-order valence-corrected chi connectivity index (χ0v) is 24.5. The van der Waals surface area contributed by atoms with Gasteiger partial charge in [-0.15, -0.1) is 0 Å². The molecule has 2 amide bonds. The lowest BCUT2D eigenvalue weighted by Crippen LogP contribution is -2.53. The number of carbonyl (C=O) groups is 2. The normalized spacial score (nSPS) is 12.8. The van der Waals surface area contributed by atoms with Gasteiger partial charge in [0.1, 0.15) is 18.4 Å². The summed E-state index contributed by atoms with van der Waals surface area (Å²) in [5.41, 5.74) is 2.82. The molecule has 9 heteroatoms. The van der Waals surface area contributed by atoms with Crippen LogP contribution in [0.2, 0.25) is 0 Å². The molecular formula is C31H38FN3O4S. The Labute approximate surface area is 237 Å². The number of hydrogen-bond acceptors (Lipinski definition) is 4. The van der Waals surface area contributed by atoms with Crippen LogP contribution in [0.25, 0.3) is 0 Å². The summed E-state index contributed by atoms with van der Waals surface area (Å²) in [6.45, 7) is 8.92. The van der Waals surface area contributed by atoms with Gasteiger partial charge in [-0.3, -0.25) is 13.9 Å². The molecule has 3 rings (SSSR count). The lowest BCUT2D eigenvalue weighted by molar-refractivity contribution is -0.140. The smallest absolute Gasteiger partial charge is 0.264 e. The molecule has 0 saturated heterocycles. The van der Waals surface area contributed by atoms with Crippen LogP contribution in [-0.2, 0) is 26.2 Å². The number of anilines is 1. The second-order valence-corrected chi connectivity index (χ2v) is 11.8. The van der Waals surface area contributed by atoms with Gasteiger partial charge in [0.05, 0.1) is 10.6 Å². The highest BCUT2D eigenvalue weighted by Crippen LogP contribution is 2.26. The van der Waals surface area contributed by atoms with Crippen molar-refractivity contribution in [1.29, 1.82) is 0 Å². The van der Waals surface area contributed by atoms with Crippen LogP contribution in [0.3, 0.4) is 0 Å². The van der Waals surface area contributed by atoms with Crippen molar-refractivity contribution in [2.75, 3.05) is 10.8 Å². The molecule has 1 N–H and O–H groups in total. The zero-order valence-electron chi connectivity index (χ0n) is 23.7. The summed E-state index contributed by atoms with van der Waals surface area (Å²) in [6.07, 6.45) is 1.02. The molecule has 0 aliphatic carbocycles. The fourth-order valence-corrected chi connectivity index (χ4v) is 5.70. The zero-order chi connectivity index (χ0) is 29.4. The summed E-state index contributed by atoms with van der Waals surface area (Å²) in [5.74, 6) is -1.29. The van der Waals surface area contributed by atoms with E-state index in [1.807, 2.05) is 33.8 Å². The maximum absolute atomic E-state index is 14.1. The van der Waals surface area contributed by atoms with Gasteiger partial charge in [-0.1, -0.05) is 50.2 Å². The van der Waals surface area contributed by atoms with E-state index >= 15 is 0 Å². The number of nitrogens with one attached hydrogen (secondary N) is 1. The fourth-order valence-electron chi connectivity index (χ4n) is 4.28. The first-order valence-corrected chi connectivity index (χ1v) is 14.9. The molecule has 0 aliphatic heterocycles. The second kappa shape index (κ2) is 13.6. The topological polar surface area (TPSA) is 86.8 Å². The van der Waals surface area contributed by atoms with E-state index in [4.69, 9.17) is 0 Å². The fraction of sp³-hybridized carbons (Fsp3) is 0.355. The van der Waals surface area contributed by atoms with Gasteiger partial charge in [-0.05, 0) is 86.7 Å². The van der Waals surface area contributed by atoms with Crippen LogP contribution < -0.4 is 9.62 Å².